The lowest BCUT2D eigenvalue weighted by Crippen LogP contribution is -2.19. The number of hydrogen-bond acceptors (Lipinski definition) is 4. The first kappa shape index (κ1) is 8.25. The van der Waals surface area contributed by atoms with Crippen LogP contribution in [0.4, 0.5) is 0 Å². The minimum absolute atomic E-state index is 0.123. The van der Waals surface area contributed by atoms with Gasteiger partial charge in [-0.1, -0.05) is 0 Å². The second-order valence-corrected chi connectivity index (χ2v) is 2.13. The lowest BCUT2D eigenvalue weighted by molar-refractivity contribution is -0.136. The molecule has 1 rings (SSSR count). The number of carboxylic acid groups (broad SMARTS) is 1. The Morgan fingerprint density at radius 2 is 2.33 bits per heavy atom. The van der Waals surface area contributed by atoms with Crippen molar-refractivity contribution in [3.63, 3.8) is 0 Å². The van der Waals surface area contributed by atoms with Crippen LogP contribution in [-0.4, -0.2) is 26.0 Å². The highest BCUT2D eigenvalue weighted by Crippen LogP contribution is 1.89. The summed E-state index contributed by atoms with van der Waals surface area (Å²) >= 11 is 0. The molecule has 6 heteroatoms. The van der Waals surface area contributed by atoms with Gasteiger partial charge in [0, 0.05) is 6.07 Å². The van der Waals surface area contributed by atoms with E-state index in [4.69, 9.17) is 10.3 Å². The van der Waals surface area contributed by atoms with Crippen molar-refractivity contribution in [1.29, 1.82) is 0 Å². The number of carbonyl (C=O) groups is 1. The Labute approximate surface area is 66.7 Å². The Balaban J connectivity index is 2.97. The number of aliphatic carboxylic acids is 1. The number of hydrogen-bond donors (Lipinski definition) is 2. The van der Waals surface area contributed by atoms with Crippen molar-refractivity contribution in [2.45, 2.75) is 6.42 Å². The van der Waals surface area contributed by atoms with E-state index in [1.807, 2.05) is 0 Å². The first-order valence-electron chi connectivity index (χ1n) is 3.08. The molecule has 0 saturated carbocycles. The summed E-state index contributed by atoms with van der Waals surface area (Å²) in [5.74, 6) is -1.07. The normalized spacial score (nSPS) is 9.67. The molecule has 0 unspecified atom stereocenters. The van der Waals surface area contributed by atoms with E-state index in [0.717, 1.165) is 12.4 Å². The van der Waals surface area contributed by atoms with Crippen LogP contribution in [0.5, 0.6) is 0 Å². The Bertz CT molecular complexity index is 357. The molecule has 0 amide bonds. The van der Waals surface area contributed by atoms with Gasteiger partial charge in [0.2, 0.25) is 0 Å². The van der Waals surface area contributed by atoms with E-state index in [-0.39, 0.29) is 16.8 Å². The summed E-state index contributed by atoms with van der Waals surface area (Å²) in [6.45, 7) is 0. The number of aromatic nitrogens is 2. The third-order valence-electron chi connectivity index (χ3n) is 1.18. The summed E-state index contributed by atoms with van der Waals surface area (Å²) in [6, 6.07) is 0.966. The Morgan fingerprint density at radius 3 is 2.83 bits per heavy atom. The molecule has 0 aliphatic rings. The fourth-order valence-corrected chi connectivity index (χ4v) is 0.683. The minimum Gasteiger partial charge on any atom is -0.481 e. The van der Waals surface area contributed by atoms with E-state index in [1.54, 1.807) is 0 Å². The van der Waals surface area contributed by atoms with Gasteiger partial charge in [-0.3, -0.25) is 9.59 Å². The third-order valence-corrected chi connectivity index (χ3v) is 1.18. The molecule has 0 bridgehead atoms. The zero-order valence-electron chi connectivity index (χ0n) is 5.97. The fourth-order valence-electron chi connectivity index (χ4n) is 0.683. The lowest BCUT2D eigenvalue weighted by Gasteiger charge is -1.96. The summed E-state index contributed by atoms with van der Waals surface area (Å²) in [7, 11) is 0. The quantitative estimate of drug-likeness (QED) is 0.561. The molecule has 1 aromatic rings. The Morgan fingerprint density at radius 1 is 1.67 bits per heavy atom. The van der Waals surface area contributed by atoms with Crippen molar-refractivity contribution in [3.8, 4) is 0 Å². The van der Waals surface area contributed by atoms with Crippen LogP contribution in [0.15, 0.2) is 17.2 Å². The molecule has 2 N–H and O–H groups in total. The maximum Gasteiger partial charge on any atom is 0.309 e. The average molecular weight is 170 g/mol. The van der Waals surface area contributed by atoms with Crippen LogP contribution in [-0.2, 0) is 11.2 Å². The predicted octanol–water partition coefficient (Wildman–Crippen LogP) is -0.892. The molecule has 0 radical (unpaired) electrons. The predicted molar refractivity (Wildman–Crippen MR) is 37.0 cm³/mol. The van der Waals surface area contributed by atoms with Crippen LogP contribution >= 0.6 is 0 Å². The van der Waals surface area contributed by atoms with Gasteiger partial charge >= 0.3 is 5.97 Å². The average Bonchev–Trinajstić information content (AvgIpc) is 1.96. The maximum atomic E-state index is 10.7. The smallest absolute Gasteiger partial charge is 0.309 e. The summed E-state index contributed by atoms with van der Waals surface area (Å²) < 4.78 is 0.283. The van der Waals surface area contributed by atoms with E-state index < -0.39 is 11.5 Å². The molecule has 0 spiro atoms. The highest BCUT2D eigenvalue weighted by Gasteiger charge is 2.03. The monoisotopic (exact) mass is 170 g/mol. The molecule has 0 aromatic carbocycles. The maximum absolute atomic E-state index is 10.7. The van der Waals surface area contributed by atoms with Gasteiger partial charge in [-0.05, 0) is 0 Å². The van der Waals surface area contributed by atoms with Crippen molar-refractivity contribution < 1.29 is 15.1 Å². The number of nitrogens with zero attached hydrogens (tertiary/aromatic N) is 2. The fraction of sp³-hybridized carbons (Fsp3) is 0.167. The molecule has 1 heterocycles. The number of rotatable bonds is 2. The zero-order valence-corrected chi connectivity index (χ0v) is 5.97. The van der Waals surface area contributed by atoms with Crippen LogP contribution in [0.25, 0.3) is 0 Å². The van der Waals surface area contributed by atoms with Gasteiger partial charge in [0.05, 0.1) is 12.1 Å². The Kier molecular flexibility index (Phi) is 2.09. The standard InChI is InChI=1S/C6H6N2O4/c9-5-1-4(2-6(10)11)7-3-8(5)12/h1,3,12H,2H2,(H,10,11). The minimum atomic E-state index is -1.07. The van der Waals surface area contributed by atoms with E-state index in [2.05, 4.69) is 4.98 Å². The van der Waals surface area contributed by atoms with Gasteiger partial charge in [0.25, 0.3) is 5.56 Å². The van der Waals surface area contributed by atoms with Gasteiger partial charge in [-0.2, -0.15) is 0 Å². The molecule has 0 aliphatic carbocycles. The van der Waals surface area contributed by atoms with Crippen molar-refractivity contribution in [2.24, 2.45) is 0 Å². The topological polar surface area (TPSA) is 92.4 Å². The van der Waals surface area contributed by atoms with E-state index in [1.165, 1.54) is 0 Å². The van der Waals surface area contributed by atoms with E-state index in [0.29, 0.717) is 0 Å². The van der Waals surface area contributed by atoms with Crippen LogP contribution in [0.3, 0.4) is 0 Å². The molecule has 0 fully saturated rings. The van der Waals surface area contributed by atoms with Crippen LogP contribution in [0.1, 0.15) is 5.69 Å². The molecule has 6 nitrogen and oxygen atoms in total. The summed E-state index contributed by atoms with van der Waals surface area (Å²) in [5.41, 5.74) is -0.570. The van der Waals surface area contributed by atoms with E-state index in [9.17, 15) is 9.59 Å². The van der Waals surface area contributed by atoms with E-state index >= 15 is 0 Å². The van der Waals surface area contributed by atoms with Gasteiger partial charge in [-0.25, -0.2) is 4.98 Å². The van der Waals surface area contributed by atoms with Gasteiger partial charge in [0.15, 0.2) is 0 Å². The zero-order chi connectivity index (χ0) is 9.14. The third kappa shape index (κ3) is 1.82. The molecular formula is C6H6N2O4. The van der Waals surface area contributed by atoms with Crippen LogP contribution in [0, 0.1) is 0 Å². The molecule has 64 valence electrons. The van der Waals surface area contributed by atoms with Crippen molar-refractivity contribution in [2.75, 3.05) is 0 Å². The largest absolute Gasteiger partial charge is 0.481 e. The summed E-state index contributed by atoms with van der Waals surface area (Å²) in [5, 5.41) is 17.0. The van der Waals surface area contributed by atoms with Crippen molar-refractivity contribution in [3.05, 3.63) is 28.4 Å². The molecule has 12 heavy (non-hydrogen) atoms. The molecular weight excluding hydrogens is 164 g/mol. The van der Waals surface area contributed by atoms with Crippen molar-refractivity contribution >= 4 is 5.97 Å². The van der Waals surface area contributed by atoms with Crippen molar-refractivity contribution in [1.82, 2.24) is 9.71 Å². The van der Waals surface area contributed by atoms with Crippen LogP contribution in [0.2, 0.25) is 0 Å². The SMILES string of the molecule is O=C(O)Cc1cc(=O)n(O)cn1. The summed E-state index contributed by atoms with van der Waals surface area (Å²) in [6.07, 6.45) is 0.538. The van der Waals surface area contributed by atoms with Gasteiger partial charge < -0.3 is 10.3 Å². The second kappa shape index (κ2) is 3.04. The lowest BCUT2D eigenvalue weighted by atomic mass is 10.3. The van der Waals surface area contributed by atoms with Gasteiger partial charge in [0.1, 0.15) is 6.33 Å². The molecule has 0 aliphatic heterocycles. The highest BCUT2D eigenvalue weighted by atomic mass is 16.5. The first-order chi connectivity index (χ1) is 5.59. The molecule has 0 atom stereocenters. The number of carboxylic acids is 1. The van der Waals surface area contributed by atoms with Crippen LogP contribution < -0.4 is 5.56 Å². The highest BCUT2D eigenvalue weighted by molar-refractivity contribution is 5.69. The van der Waals surface area contributed by atoms with Gasteiger partial charge in [-0.15, -0.1) is 4.73 Å². The first-order valence-corrected chi connectivity index (χ1v) is 3.08. The molecule has 1 aromatic heterocycles. The summed E-state index contributed by atoms with van der Waals surface area (Å²) in [4.78, 5) is 24.4. The second-order valence-electron chi connectivity index (χ2n) is 2.13. The molecule has 0 saturated heterocycles. The Hall–Kier alpha value is -1.85.